The lowest BCUT2D eigenvalue weighted by atomic mass is 9.87. The largest absolute Gasteiger partial charge is 0.399 e. The molecule has 0 spiro atoms. The van der Waals surface area contributed by atoms with Crippen molar-refractivity contribution in [2.75, 3.05) is 5.73 Å². The molecular weight excluding hydrogens is 350 g/mol. The number of nitrogen functional groups attached to an aromatic ring is 1. The number of carbonyl (C=O) groups is 2. The van der Waals surface area contributed by atoms with E-state index in [1.54, 1.807) is 6.07 Å². The highest BCUT2D eigenvalue weighted by molar-refractivity contribution is 5.97. The zero-order valence-electron chi connectivity index (χ0n) is 16.8. The second kappa shape index (κ2) is 8.46. The van der Waals surface area contributed by atoms with Gasteiger partial charge in [0.15, 0.2) is 0 Å². The molecular formula is C23H29N3O2. The molecule has 0 bridgehead atoms. The van der Waals surface area contributed by atoms with Gasteiger partial charge in [-0.15, -0.1) is 0 Å². The molecule has 2 atom stereocenters. The maximum Gasteiger partial charge on any atom is 0.251 e. The lowest BCUT2D eigenvalue weighted by Gasteiger charge is -2.29. The van der Waals surface area contributed by atoms with Gasteiger partial charge >= 0.3 is 0 Å². The van der Waals surface area contributed by atoms with Crippen LogP contribution in [0, 0.1) is 12.8 Å². The molecule has 4 N–H and O–H groups in total. The van der Waals surface area contributed by atoms with Crippen LogP contribution in [0.25, 0.3) is 0 Å². The highest BCUT2D eigenvalue weighted by Crippen LogP contribution is 2.31. The second-order valence-corrected chi connectivity index (χ2v) is 7.98. The fraction of sp³-hybridized carbons (Fsp3) is 0.391. The Hall–Kier alpha value is -2.82. The molecule has 3 rings (SSSR count). The molecule has 0 radical (unpaired) electrons. The van der Waals surface area contributed by atoms with Crippen LogP contribution in [0.3, 0.4) is 0 Å². The average molecular weight is 380 g/mol. The first-order chi connectivity index (χ1) is 13.3. The van der Waals surface area contributed by atoms with Gasteiger partial charge in [-0.2, -0.15) is 0 Å². The van der Waals surface area contributed by atoms with E-state index in [1.807, 2.05) is 57.2 Å². The fourth-order valence-electron chi connectivity index (χ4n) is 3.79. The monoisotopic (exact) mass is 379 g/mol. The minimum Gasteiger partial charge on any atom is -0.399 e. The van der Waals surface area contributed by atoms with Crippen LogP contribution in [0.15, 0.2) is 42.5 Å². The third-order valence-corrected chi connectivity index (χ3v) is 5.31. The quantitative estimate of drug-likeness (QED) is 0.695. The second-order valence-electron chi connectivity index (χ2n) is 7.98. The van der Waals surface area contributed by atoms with E-state index in [0.29, 0.717) is 5.56 Å². The van der Waals surface area contributed by atoms with Crippen molar-refractivity contribution in [2.24, 2.45) is 5.92 Å². The summed E-state index contributed by atoms with van der Waals surface area (Å²) in [5.74, 6) is -0.400. The minimum absolute atomic E-state index is 0.0248. The van der Waals surface area contributed by atoms with Gasteiger partial charge in [-0.1, -0.05) is 37.6 Å². The Morgan fingerprint density at radius 1 is 1.14 bits per heavy atom. The summed E-state index contributed by atoms with van der Waals surface area (Å²) in [5, 5.41) is 6.06. The maximum absolute atomic E-state index is 13.0. The zero-order valence-corrected chi connectivity index (χ0v) is 16.8. The predicted octanol–water partition coefficient (Wildman–Crippen LogP) is 3.53. The van der Waals surface area contributed by atoms with Gasteiger partial charge in [0.05, 0.1) is 6.04 Å². The van der Waals surface area contributed by atoms with Crippen LogP contribution >= 0.6 is 0 Å². The molecule has 1 aliphatic rings. The number of hydrogen-bond donors (Lipinski definition) is 3. The lowest BCUT2D eigenvalue weighted by Crippen LogP contribution is -2.50. The number of benzene rings is 2. The normalized spacial score (nSPS) is 16.9. The van der Waals surface area contributed by atoms with Crippen molar-refractivity contribution in [1.82, 2.24) is 10.6 Å². The molecule has 148 valence electrons. The zero-order chi connectivity index (χ0) is 20.3. The van der Waals surface area contributed by atoms with E-state index in [1.165, 1.54) is 5.56 Å². The molecule has 0 aromatic heterocycles. The molecule has 2 aromatic carbocycles. The topological polar surface area (TPSA) is 84.2 Å². The number of rotatable bonds is 5. The molecule has 5 heteroatoms. The Kier molecular flexibility index (Phi) is 6.02. The van der Waals surface area contributed by atoms with Crippen LogP contribution in [0.2, 0.25) is 0 Å². The summed E-state index contributed by atoms with van der Waals surface area (Å²) < 4.78 is 0. The highest BCUT2D eigenvalue weighted by Gasteiger charge is 2.29. The van der Waals surface area contributed by atoms with Gasteiger partial charge in [0.1, 0.15) is 6.04 Å². The number of aryl methyl sites for hydroxylation is 2. The third-order valence-electron chi connectivity index (χ3n) is 5.31. The summed E-state index contributed by atoms with van der Waals surface area (Å²) in [5.41, 5.74) is 10.5. The predicted molar refractivity (Wildman–Crippen MR) is 112 cm³/mol. The Morgan fingerprint density at radius 2 is 1.93 bits per heavy atom. The number of nitrogens with two attached hydrogens (primary N) is 1. The van der Waals surface area contributed by atoms with E-state index in [9.17, 15) is 9.59 Å². The molecule has 0 saturated heterocycles. The summed E-state index contributed by atoms with van der Waals surface area (Å²) >= 11 is 0. The number of amides is 2. The van der Waals surface area contributed by atoms with E-state index in [2.05, 4.69) is 10.6 Å². The minimum atomic E-state index is -0.591. The average Bonchev–Trinajstić information content (AvgIpc) is 2.65. The molecule has 2 unspecified atom stereocenters. The first kappa shape index (κ1) is 19.9. The third kappa shape index (κ3) is 4.53. The molecule has 1 aliphatic carbocycles. The number of nitrogens with one attached hydrogen (secondary N) is 2. The van der Waals surface area contributed by atoms with Crippen LogP contribution in [0.5, 0.6) is 0 Å². The molecule has 2 amide bonds. The molecule has 0 aliphatic heterocycles. The number of anilines is 1. The molecule has 0 heterocycles. The van der Waals surface area contributed by atoms with Gasteiger partial charge < -0.3 is 16.4 Å². The van der Waals surface area contributed by atoms with Crippen LogP contribution in [-0.4, -0.2) is 17.9 Å². The Balaban J connectivity index is 1.73. The highest BCUT2D eigenvalue weighted by atomic mass is 16.2. The molecule has 5 nitrogen and oxygen atoms in total. The lowest BCUT2D eigenvalue weighted by molar-refractivity contribution is -0.124. The van der Waals surface area contributed by atoms with E-state index >= 15 is 0 Å². The molecule has 28 heavy (non-hydrogen) atoms. The number of carbonyl (C=O) groups excluding carboxylic acids is 2. The number of hydrogen-bond acceptors (Lipinski definition) is 3. The maximum atomic E-state index is 13.0. The van der Waals surface area contributed by atoms with E-state index in [0.717, 1.165) is 36.1 Å². The van der Waals surface area contributed by atoms with Crippen LogP contribution in [-0.2, 0) is 11.2 Å². The Morgan fingerprint density at radius 3 is 2.64 bits per heavy atom. The van der Waals surface area contributed by atoms with Crippen LogP contribution in [0.1, 0.15) is 59.8 Å². The molecule has 0 saturated carbocycles. The molecule has 0 fully saturated rings. The van der Waals surface area contributed by atoms with Crippen molar-refractivity contribution in [2.45, 2.75) is 52.1 Å². The van der Waals surface area contributed by atoms with Gasteiger partial charge in [-0.3, -0.25) is 9.59 Å². The Labute approximate surface area is 166 Å². The summed E-state index contributed by atoms with van der Waals surface area (Å²) in [6.45, 7) is 5.82. The van der Waals surface area contributed by atoms with Crippen molar-refractivity contribution < 1.29 is 9.59 Å². The first-order valence-corrected chi connectivity index (χ1v) is 9.91. The van der Waals surface area contributed by atoms with Crippen LogP contribution in [0.4, 0.5) is 5.69 Å². The van der Waals surface area contributed by atoms with Crippen molar-refractivity contribution in [3.8, 4) is 0 Å². The van der Waals surface area contributed by atoms with E-state index in [-0.39, 0.29) is 23.8 Å². The smallest absolute Gasteiger partial charge is 0.251 e. The standard InChI is InChI=1S/C23H29N3O2/c1-14(2)21(26-22(27)17-8-4-6-15(3)12-17)23(28)25-20-9-5-7-16-13-18(24)10-11-19(16)20/h4,6,8,10-14,20-21H,5,7,9,24H2,1-3H3,(H,25,28)(H,26,27). The Bertz CT molecular complexity index is 876. The van der Waals surface area contributed by atoms with Gasteiger partial charge in [0.2, 0.25) is 5.91 Å². The van der Waals surface area contributed by atoms with E-state index in [4.69, 9.17) is 5.73 Å². The van der Waals surface area contributed by atoms with Crippen molar-refractivity contribution in [3.05, 3.63) is 64.7 Å². The van der Waals surface area contributed by atoms with Gasteiger partial charge in [0.25, 0.3) is 5.91 Å². The van der Waals surface area contributed by atoms with E-state index < -0.39 is 6.04 Å². The summed E-state index contributed by atoms with van der Waals surface area (Å²) in [6.07, 6.45) is 2.87. The SMILES string of the molecule is Cc1cccc(C(=O)NC(C(=O)NC2CCCc3cc(N)ccc32)C(C)C)c1. The van der Waals surface area contributed by atoms with Crippen molar-refractivity contribution in [3.63, 3.8) is 0 Å². The van der Waals surface area contributed by atoms with Crippen molar-refractivity contribution in [1.29, 1.82) is 0 Å². The summed E-state index contributed by atoms with van der Waals surface area (Å²) in [4.78, 5) is 25.7. The van der Waals surface area contributed by atoms with Gasteiger partial charge in [0, 0.05) is 11.3 Å². The number of fused-ring (bicyclic) bond motifs is 1. The first-order valence-electron chi connectivity index (χ1n) is 9.91. The van der Waals surface area contributed by atoms with Gasteiger partial charge in [-0.05, 0) is 67.5 Å². The van der Waals surface area contributed by atoms with Gasteiger partial charge in [-0.25, -0.2) is 0 Å². The summed E-state index contributed by atoms with van der Waals surface area (Å²) in [7, 11) is 0. The van der Waals surface area contributed by atoms with Crippen LogP contribution < -0.4 is 16.4 Å². The van der Waals surface area contributed by atoms with Crippen molar-refractivity contribution >= 4 is 17.5 Å². The summed E-state index contributed by atoms with van der Waals surface area (Å²) in [6, 6.07) is 12.6. The fourth-order valence-corrected chi connectivity index (χ4v) is 3.79. The molecule has 2 aromatic rings.